The van der Waals surface area contributed by atoms with Crippen molar-refractivity contribution in [3.63, 3.8) is 0 Å². The standard InChI is InChI=1S/C12H18N2O2S/c1-17(15,16)14-11-6-4-5-10(9-11)12-7-2-3-8-13-12/h4-6,9,12-14H,2-3,7-8H2,1H3. The quantitative estimate of drug-likeness (QED) is 0.865. The highest BCUT2D eigenvalue weighted by Gasteiger charge is 2.15. The topological polar surface area (TPSA) is 58.2 Å². The van der Waals surface area contributed by atoms with E-state index in [0.29, 0.717) is 11.7 Å². The molecule has 2 N–H and O–H groups in total. The fourth-order valence-electron chi connectivity index (χ4n) is 2.17. The minimum absolute atomic E-state index is 0.352. The Balaban J connectivity index is 2.16. The molecule has 0 aromatic heterocycles. The van der Waals surface area contributed by atoms with Gasteiger partial charge in [0.2, 0.25) is 10.0 Å². The van der Waals surface area contributed by atoms with E-state index in [9.17, 15) is 8.42 Å². The van der Waals surface area contributed by atoms with Gasteiger partial charge in [0.05, 0.1) is 6.26 Å². The Hall–Kier alpha value is -1.07. The van der Waals surface area contributed by atoms with Crippen LogP contribution in [-0.2, 0) is 10.0 Å². The number of sulfonamides is 1. The zero-order valence-corrected chi connectivity index (χ0v) is 10.8. The molecule has 0 radical (unpaired) electrons. The summed E-state index contributed by atoms with van der Waals surface area (Å²) in [5.41, 5.74) is 1.79. The minimum Gasteiger partial charge on any atom is -0.310 e. The van der Waals surface area contributed by atoms with Crippen LogP contribution in [0.2, 0.25) is 0 Å². The number of nitrogens with one attached hydrogen (secondary N) is 2. The first-order chi connectivity index (χ1) is 8.04. The monoisotopic (exact) mass is 254 g/mol. The van der Waals surface area contributed by atoms with Crippen molar-refractivity contribution in [1.82, 2.24) is 5.32 Å². The fourth-order valence-corrected chi connectivity index (χ4v) is 2.72. The van der Waals surface area contributed by atoms with Crippen molar-refractivity contribution in [3.8, 4) is 0 Å². The van der Waals surface area contributed by atoms with Gasteiger partial charge in [0, 0.05) is 11.7 Å². The third-order valence-corrected chi connectivity index (χ3v) is 3.51. The molecule has 1 aromatic carbocycles. The average Bonchev–Trinajstić information content (AvgIpc) is 2.28. The average molecular weight is 254 g/mol. The summed E-state index contributed by atoms with van der Waals surface area (Å²) < 4.78 is 24.8. The van der Waals surface area contributed by atoms with Crippen molar-refractivity contribution in [1.29, 1.82) is 0 Å². The van der Waals surface area contributed by atoms with E-state index in [0.717, 1.165) is 18.5 Å². The largest absolute Gasteiger partial charge is 0.310 e. The van der Waals surface area contributed by atoms with E-state index >= 15 is 0 Å². The molecule has 1 atom stereocenters. The molecule has 4 nitrogen and oxygen atoms in total. The highest BCUT2D eigenvalue weighted by Crippen LogP contribution is 2.25. The summed E-state index contributed by atoms with van der Waals surface area (Å²) in [5, 5.41) is 3.45. The normalized spacial score (nSPS) is 21.1. The van der Waals surface area contributed by atoms with Crippen LogP contribution < -0.4 is 10.0 Å². The minimum atomic E-state index is -3.20. The van der Waals surface area contributed by atoms with Gasteiger partial charge in [0.15, 0.2) is 0 Å². The van der Waals surface area contributed by atoms with Crippen molar-refractivity contribution in [2.75, 3.05) is 17.5 Å². The molecule has 1 aliphatic heterocycles. The smallest absolute Gasteiger partial charge is 0.229 e. The lowest BCUT2D eigenvalue weighted by molar-refractivity contribution is 0.412. The van der Waals surface area contributed by atoms with Gasteiger partial charge in [-0.15, -0.1) is 0 Å². The predicted molar refractivity (Wildman–Crippen MR) is 69.5 cm³/mol. The van der Waals surface area contributed by atoms with E-state index in [1.54, 1.807) is 6.07 Å². The predicted octanol–water partition coefficient (Wildman–Crippen LogP) is 1.87. The van der Waals surface area contributed by atoms with E-state index in [1.807, 2.05) is 18.2 Å². The Morgan fingerprint density at radius 1 is 1.35 bits per heavy atom. The lowest BCUT2D eigenvalue weighted by Crippen LogP contribution is -2.26. The van der Waals surface area contributed by atoms with Crippen molar-refractivity contribution in [2.45, 2.75) is 25.3 Å². The molecule has 0 bridgehead atoms. The van der Waals surface area contributed by atoms with Gasteiger partial charge >= 0.3 is 0 Å². The van der Waals surface area contributed by atoms with Crippen LogP contribution >= 0.6 is 0 Å². The van der Waals surface area contributed by atoms with Crippen LogP contribution in [0.3, 0.4) is 0 Å². The molecule has 94 valence electrons. The Kier molecular flexibility index (Phi) is 3.69. The summed E-state index contributed by atoms with van der Waals surface area (Å²) in [6.07, 6.45) is 4.72. The highest BCUT2D eigenvalue weighted by molar-refractivity contribution is 7.92. The zero-order valence-electron chi connectivity index (χ0n) is 9.94. The van der Waals surface area contributed by atoms with Gasteiger partial charge in [0.1, 0.15) is 0 Å². The Morgan fingerprint density at radius 2 is 2.18 bits per heavy atom. The van der Waals surface area contributed by atoms with Gasteiger partial charge in [-0.2, -0.15) is 0 Å². The molecular weight excluding hydrogens is 236 g/mol. The molecule has 1 heterocycles. The molecule has 1 unspecified atom stereocenters. The second-order valence-electron chi connectivity index (χ2n) is 4.50. The van der Waals surface area contributed by atoms with Crippen molar-refractivity contribution in [2.24, 2.45) is 0 Å². The number of anilines is 1. The van der Waals surface area contributed by atoms with Crippen LogP contribution in [-0.4, -0.2) is 21.2 Å². The number of benzene rings is 1. The summed E-state index contributed by atoms with van der Waals surface area (Å²) in [4.78, 5) is 0. The molecule has 0 aliphatic carbocycles. The number of rotatable bonds is 3. The molecule has 0 amide bonds. The van der Waals surface area contributed by atoms with E-state index in [1.165, 1.54) is 19.1 Å². The first-order valence-corrected chi connectivity index (χ1v) is 7.75. The van der Waals surface area contributed by atoms with Crippen LogP contribution in [0.15, 0.2) is 24.3 Å². The molecule has 17 heavy (non-hydrogen) atoms. The maximum Gasteiger partial charge on any atom is 0.229 e. The van der Waals surface area contributed by atoms with E-state index < -0.39 is 10.0 Å². The van der Waals surface area contributed by atoms with Gasteiger partial charge in [-0.05, 0) is 37.1 Å². The van der Waals surface area contributed by atoms with E-state index in [4.69, 9.17) is 0 Å². The summed E-state index contributed by atoms with van der Waals surface area (Å²) >= 11 is 0. The van der Waals surface area contributed by atoms with Gasteiger partial charge in [-0.25, -0.2) is 8.42 Å². The third-order valence-electron chi connectivity index (χ3n) is 2.90. The fraction of sp³-hybridized carbons (Fsp3) is 0.500. The van der Waals surface area contributed by atoms with Crippen molar-refractivity contribution < 1.29 is 8.42 Å². The molecule has 1 fully saturated rings. The van der Waals surface area contributed by atoms with Gasteiger partial charge < -0.3 is 5.32 Å². The van der Waals surface area contributed by atoms with Crippen LogP contribution in [0.25, 0.3) is 0 Å². The van der Waals surface area contributed by atoms with Crippen molar-refractivity contribution >= 4 is 15.7 Å². The number of hydrogen-bond acceptors (Lipinski definition) is 3. The molecule has 1 saturated heterocycles. The first-order valence-electron chi connectivity index (χ1n) is 5.86. The van der Waals surface area contributed by atoms with Crippen LogP contribution in [0.1, 0.15) is 30.9 Å². The second-order valence-corrected chi connectivity index (χ2v) is 6.25. The number of piperidine rings is 1. The lowest BCUT2D eigenvalue weighted by Gasteiger charge is -2.24. The molecule has 5 heteroatoms. The molecule has 0 saturated carbocycles. The van der Waals surface area contributed by atoms with Gasteiger partial charge in [-0.3, -0.25) is 4.72 Å². The summed E-state index contributed by atoms with van der Waals surface area (Å²) in [6, 6.07) is 7.96. The number of hydrogen-bond donors (Lipinski definition) is 2. The molecule has 1 aromatic rings. The molecule has 1 aliphatic rings. The van der Waals surface area contributed by atoms with Crippen LogP contribution in [0, 0.1) is 0 Å². The van der Waals surface area contributed by atoms with E-state index in [-0.39, 0.29) is 0 Å². The molecular formula is C12H18N2O2S. The van der Waals surface area contributed by atoms with E-state index in [2.05, 4.69) is 10.0 Å². The maximum atomic E-state index is 11.2. The maximum absolute atomic E-state index is 11.2. The van der Waals surface area contributed by atoms with Crippen LogP contribution in [0.5, 0.6) is 0 Å². The Labute approximate surface area is 102 Å². The Bertz CT molecular complexity index is 479. The zero-order chi connectivity index (χ0) is 12.3. The van der Waals surface area contributed by atoms with Crippen LogP contribution in [0.4, 0.5) is 5.69 Å². The summed E-state index contributed by atoms with van der Waals surface area (Å²) in [6.45, 7) is 1.04. The summed E-state index contributed by atoms with van der Waals surface area (Å²) in [7, 11) is -3.20. The first kappa shape index (κ1) is 12.4. The lowest BCUT2D eigenvalue weighted by atomic mass is 9.97. The van der Waals surface area contributed by atoms with Gasteiger partial charge in [-0.1, -0.05) is 18.6 Å². The van der Waals surface area contributed by atoms with Crippen molar-refractivity contribution in [3.05, 3.63) is 29.8 Å². The highest BCUT2D eigenvalue weighted by atomic mass is 32.2. The molecule has 0 spiro atoms. The summed E-state index contributed by atoms with van der Waals surface area (Å²) in [5.74, 6) is 0. The van der Waals surface area contributed by atoms with Gasteiger partial charge in [0.25, 0.3) is 0 Å². The Morgan fingerprint density at radius 3 is 2.82 bits per heavy atom. The SMILES string of the molecule is CS(=O)(=O)Nc1cccc(C2CCCCN2)c1. The molecule has 2 rings (SSSR count). The second kappa shape index (κ2) is 5.06. The third kappa shape index (κ3) is 3.71.